The maximum Gasteiger partial charge on any atom is 0.135 e. The van der Waals surface area contributed by atoms with E-state index in [1.807, 2.05) is 26.0 Å². The van der Waals surface area contributed by atoms with Crippen LogP contribution in [0.25, 0.3) is 25.3 Å². The molecule has 0 N–H and O–H groups in total. The molecule has 0 saturated heterocycles. The van der Waals surface area contributed by atoms with Crippen LogP contribution < -0.4 is 21.3 Å². The summed E-state index contributed by atoms with van der Waals surface area (Å²) < 4.78 is 5.51. The Morgan fingerprint density at radius 1 is 1.23 bits per heavy atom. The lowest BCUT2D eigenvalue weighted by Gasteiger charge is -1.80. The molecule has 0 aliphatic rings. The monoisotopic (exact) mass is 174 g/mol. The van der Waals surface area contributed by atoms with E-state index in [0.29, 0.717) is 0 Å². The lowest BCUT2D eigenvalue weighted by Crippen LogP contribution is -2.34. The quantitative estimate of drug-likeness (QED) is 0.595. The van der Waals surface area contributed by atoms with Gasteiger partial charge in [0.25, 0.3) is 0 Å². The number of furan rings is 1. The highest BCUT2D eigenvalue weighted by Crippen LogP contribution is 1.83. The zero-order chi connectivity index (χ0) is 10.0. The van der Waals surface area contributed by atoms with Gasteiger partial charge in [-0.25, -0.2) is 0 Å². The summed E-state index contributed by atoms with van der Waals surface area (Å²) in [6.45, 7) is 15.4. The molecule has 0 aliphatic carbocycles. The maximum absolute atomic E-state index is 5.51. The molecule has 1 heteroatoms. The summed E-state index contributed by atoms with van der Waals surface area (Å²) in [6.07, 6.45) is 3.75. The largest absolute Gasteiger partial charge is 0.456 e. The Balaban J connectivity index is 3.73. The molecule has 68 valence electrons. The first-order chi connectivity index (χ1) is 6.06. The first-order valence-corrected chi connectivity index (χ1v) is 4.16. The van der Waals surface area contributed by atoms with Crippen LogP contribution in [-0.4, -0.2) is 0 Å². The van der Waals surface area contributed by atoms with Crippen LogP contribution in [0.15, 0.2) is 16.6 Å². The van der Waals surface area contributed by atoms with Crippen LogP contribution in [0.2, 0.25) is 0 Å². The van der Waals surface area contributed by atoms with Crippen LogP contribution in [0.3, 0.4) is 0 Å². The molecule has 0 spiro atoms. The van der Waals surface area contributed by atoms with Crippen LogP contribution >= 0.6 is 0 Å². The Morgan fingerprint density at radius 2 is 1.77 bits per heavy atom. The zero-order valence-corrected chi connectivity index (χ0v) is 8.18. The second-order valence-corrected chi connectivity index (χ2v) is 3.07. The summed E-state index contributed by atoms with van der Waals surface area (Å²) in [6, 6.07) is 0. The van der Waals surface area contributed by atoms with Crippen molar-refractivity contribution < 1.29 is 4.42 Å². The van der Waals surface area contributed by atoms with Crippen molar-refractivity contribution in [2.24, 2.45) is 0 Å². The topological polar surface area (TPSA) is 13.1 Å². The molecule has 1 nitrogen and oxygen atoms in total. The maximum atomic E-state index is 5.51. The Bertz CT molecular complexity index is 529. The first kappa shape index (κ1) is 9.59. The van der Waals surface area contributed by atoms with Crippen molar-refractivity contribution in [3.63, 3.8) is 0 Å². The Kier molecular flexibility index (Phi) is 2.57. The SMILES string of the molecule is C=C(C)/C=c1/o/c(=C/C)c(=C)c1=C. The predicted octanol–water partition coefficient (Wildman–Crippen LogP) is 0.257. The Morgan fingerprint density at radius 3 is 2.15 bits per heavy atom. The third kappa shape index (κ3) is 1.81. The number of hydrogen-bond acceptors (Lipinski definition) is 1. The van der Waals surface area contributed by atoms with Crippen molar-refractivity contribution in [1.82, 2.24) is 0 Å². The third-order valence-electron chi connectivity index (χ3n) is 1.82. The molecule has 0 saturated carbocycles. The Labute approximate surface area is 77.7 Å². The molecule has 0 aliphatic heterocycles. The molecule has 13 heavy (non-hydrogen) atoms. The summed E-state index contributed by atoms with van der Waals surface area (Å²) in [5.74, 6) is 0. The summed E-state index contributed by atoms with van der Waals surface area (Å²) in [4.78, 5) is 0. The third-order valence-corrected chi connectivity index (χ3v) is 1.82. The van der Waals surface area contributed by atoms with Crippen LogP contribution in [0.4, 0.5) is 0 Å². The van der Waals surface area contributed by atoms with Gasteiger partial charge in [-0.15, -0.1) is 0 Å². The van der Waals surface area contributed by atoms with Crippen LogP contribution in [0.1, 0.15) is 13.8 Å². The van der Waals surface area contributed by atoms with Gasteiger partial charge in [0, 0.05) is 10.4 Å². The van der Waals surface area contributed by atoms with E-state index in [2.05, 4.69) is 19.7 Å². The minimum absolute atomic E-state index is 0.755. The van der Waals surface area contributed by atoms with Gasteiger partial charge in [0.05, 0.1) is 0 Å². The fraction of sp³-hybridized carbons (Fsp3) is 0.167. The molecule has 1 aromatic rings. The second-order valence-electron chi connectivity index (χ2n) is 3.07. The van der Waals surface area contributed by atoms with E-state index in [1.54, 1.807) is 0 Å². The highest BCUT2D eigenvalue weighted by molar-refractivity contribution is 5.41. The highest BCUT2D eigenvalue weighted by atomic mass is 16.3. The normalized spacial score (nSPS) is 13.7. The van der Waals surface area contributed by atoms with E-state index < -0.39 is 0 Å². The van der Waals surface area contributed by atoms with Crippen molar-refractivity contribution in [3.05, 3.63) is 33.4 Å². The molecule has 1 rings (SSSR count). The van der Waals surface area contributed by atoms with Crippen molar-refractivity contribution in [2.75, 3.05) is 0 Å². The molecule has 0 aromatic carbocycles. The molecular weight excluding hydrogens is 160 g/mol. The lowest BCUT2D eigenvalue weighted by molar-refractivity contribution is 0.498. The van der Waals surface area contributed by atoms with Gasteiger partial charge >= 0.3 is 0 Å². The van der Waals surface area contributed by atoms with E-state index in [-0.39, 0.29) is 0 Å². The lowest BCUT2D eigenvalue weighted by atomic mass is 10.3. The average Bonchev–Trinajstić information content (AvgIpc) is 2.32. The number of allylic oxidation sites excluding steroid dienone is 1. The van der Waals surface area contributed by atoms with E-state index in [4.69, 9.17) is 4.42 Å². The number of hydrogen-bond donors (Lipinski definition) is 0. The minimum Gasteiger partial charge on any atom is -0.456 e. The average molecular weight is 174 g/mol. The minimum atomic E-state index is 0.755. The van der Waals surface area contributed by atoms with Gasteiger partial charge in [-0.3, -0.25) is 0 Å². The van der Waals surface area contributed by atoms with Gasteiger partial charge in [0.15, 0.2) is 0 Å². The van der Waals surface area contributed by atoms with Gasteiger partial charge in [-0.1, -0.05) is 25.3 Å². The van der Waals surface area contributed by atoms with Crippen molar-refractivity contribution in [2.45, 2.75) is 13.8 Å². The second kappa shape index (κ2) is 3.48. The van der Waals surface area contributed by atoms with Crippen molar-refractivity contribution >= 4 is 25.3 Å². The molecule has 1 heterocycles. The van der Waals surface area contributed by atoms with Gasteiger partial charge in [0.1, 0.15) is 10.8 Å². The zero-order valence-electron chi connectivity index (χ0n) is 8.18. The van der Waals surface area contributed by atoms with Crippen molar-refractivity contribution in [3.8, 4) is 0 Å². The smallest absolute Gasteiger partial charge is 0.135 e. The molecular formula is C12H14O. The summed E-state index contributed by atoms with van der Waals surface area (Å²) in [5, 5.41) is 1.70. The first-order valence-electron chi connectivity index (χ1n) is 4.16. The van der Waals surface area contributed by atoms with E-state index in [9.17, 15) is 0 Å². The molecule has 0 atom stereocenters. The fourth-order valence-corrected chi connectivity index (χ4v) is 1.11. The fourth-order valence-electron chi connectivity index (χ4n) is 1.11. The van der Waals surface area contributed by atoms with Gasteiger partial charge in [-0.05, 0) is 26.0 Å². The van der Waals surface area contributed by atoms with Crippen LogP contribution in [-0.2, 0) is 0 Å². The molecule has 0 fully saturated rings. The van der Waals surface area contributed by atoms with E-state index >= 15 is 0 Å². The van der Waals surface area contributed by atoms with Crippen LogP contribution in [0.5, 0.6) is 0 Å². The summed E-state index contributed by atoms with van der Waals surface area (Å²) in [7, 11) is 0. The molecule has 0 unspecified atom stereocenters. The molecule has 0 radical (unpaired) electrons. The van der Waals surface area contributed by atoms with Gasteiger partial charge < -0.3 is 4.42 Å². The van der Waals surface area contributed by atoms with E-state index in [1.165, 1.54) is 0 Å². The van der Waals surface area contributed by atoms with E-state index in [0.717, 1.165) is 26.8 Å². The number of rotatable bonds is 1. The van der Waals surface area contributed by atoms with Gasteiger partial charge in [0.2, 0.25) is 0 Å². The predicted molar refractivity (Wildman–Crippen MR) is 57.7 cm³/mol. The van der Waals surface area contributed by atoms with Gasteiger partial charge in [-0.2, -0.15) is 0 Å². The molecule has 0 amide bonds. The van der Waals surface area contributed by atoms with Crippen molar-refractivity contribution in [1.29, 1.82) is 0 Å². The Hall–Kier alpha value is -1.50. The highest BCUT2D eigenvalue weighted by Gasteiger charge is 1.92. The summed E-state index contributed by atoms with van der Waals surface area (Å²) >= 11 is 0. The van der Waals surface area contributed by atoms with Crippen LogP contribution in [0, 0.1) is 0 Å². The molecule has 0 bridgehead atoms. The standard InChI is InChI=1S/C12H14O/c1-6-11-9(4)10(5)12(13-11)7-8(2)3/h6-7H,2,4-5H2,1,3H3/b11-6+,12-7+. The summed E-state index contributed by atoms with van der Waals surface area (Å²) in [5.41, 5.74) is 2.49. The molecule has 1 aromatic heterocycles.